The average Bonchev–Trinajstić information content (AvgIpc) is 1.98. The van der Waals surface area contributed by atoms with Crippen LogP contribution in [0.4, 0.5) is 0 Å². The van der Waals surface area contributed by atoms with Crippen molar-refractivity contribution in [2.45, 2.75) is 24.6 Å². The molecule has 0 radical (unpaired) electrons. The largest absolute Gasteiger partial charge is 0.350 e. The molecule has 0 aromatic carbocycles. The topological polar surface area (TPSA) is 55.1 Å². The Morgan fingerprint density at radius 2 is 2.45 bits per heavy atom. The molecule has 1 fully saturated rings. The van der Waals surface area contributed by atoms with Gasteiger partial charge in [-0.15, -0.1) is 0 Å². The molecule has 1 aliphatic heterocycles. The first-order valence-electron chi connectivity index (χ1n) is 3.69. The van der Waals surface area contributed by atoms with Crippen LogP contribution >= 0.6 is 11.8 Å². The number of nitrogens with two attached hydrogens (primary N) is 1. The lowest BCUT2D eigenvalue weighted by Gasteiger charge is -2.43. The molecule has 1 rings (SSSR count). The minimum absolute atomic E-state index is 0.0524. The van der Waals surface area contributed by atoms with Gasteiger partial charge in [0.05, 0.1) is 12.6 Å². The number of carbonyl (C=O) groups is 1. The number of rotatable bonds is 2. The lowest BCUT2D eigenvalue weighted by molar-refractivity contribution is -0.120. The molecule has 11 heavy (non-hydrogen) atoms. The molecule has 3 nitrogen and oxygen atoms in total. The molecule has 0 aromatic heterocycles. The molecule has 0 aromatic rings. The molecule has 1 amide bonds. The molecule has 4 heteroatoms. The molecule has 1 unspecified atom stereocenters. The number of amides is 1. The summed E-state index contributed by atoms with van der Waals surface area (Å²) >= 11 is 1.87. The normalized spacial score (nSPS) is 27.4. The van der Waals surface area contributed by atoms with Gasteiger partial charge in [0.25, 0.3) is 0 Å². The second-order valence-corrected chi connectivity index (χ2v) is 4.91. The minimum atomic E-state index is -0.0524. The third-order valence-corrected chi connectivity index (χ3v) is 3.51. The molecule has 0 bridgehead atoms. The van der Waals surface area contributed by atoms with Crippen molar-refractivity contribution in [3.8, 4) is 0 Å². The van der Waals surface area contributed by atoms with Crippen LogP contribution in [0.5, 0.6) is 0 Å². The Labute approximate surface area is 71.1 Å². The van der Waals surface area contributed by atoms with E-state index in [2.05, 4.69) is 19.2 Å². The van der Waals surface area contributed by atoms with Gasteiger partial charge >= 0.3 is 0 Å². The predicted molar refractivity (Wildman–Crippen MR) is 47.5 cm³/mol. The Morgan fingerprint density at radius 3 is 2.73 bits per heavy atom. The van der Waals surface area contributed by atoms with Gasteiger partial charge in [-0.05, 0) is 13.8 Å². The van der Waals surface area contributed by atoms with E-state index in [4.69, 9.17) is 5.73 Å². The Kier molecular flexibility index (Phi) is 2.44. The SMILES string of the molecule is CC1(C)SCC1NC(=O)CN. The fourth-order valence-corrected chi connectivity index (χ4v) is 2.11. The van der Waals surface area contributed by atoms with E-state index in [-0.39, 0.29) is 17.2 Å². The van der Waals surface area contributed by atoms with E-state index in [1.807, 2.05) is 11.8 Å². The molecule has 0 saturated carbocycles. The highest BCUT2D eigenvalue weighted by molar-refractivity contribution is 8.02. The van der Waals surface area contributed by atoms with Crippen LogP contribution in [0.15, 0.2) is 0 Å². The third kappa shape index (κ3) is 1.87. The molecule has 64 valence electrons. The van der Waals surface area contributed by atoms with Crippen LogP contribution in [0, 0.1) is 0 Å². The van der Waals surface area contributed by atoms with E-state index in [1.165, 1.54) is 0 Å². The monoisotopic (exact) mass is 174 g/mol. The first-order valence-corrected chi connectivity index (χ1v) is 4.68. The zero-order valence-electron chi connectivity index (χ0n) is 6.89. The maximum Gasteiger partial charge on any atom is 0.234 e. The highest BCUT2D eigenvalue weighted by atomic mass is 32.2. The third-order valence-electron chi connectivity index (χ3n) is 1.98. The smallest absolute Gasteiger partial charge is 0.234 e. The Hall–Kier alpha value is -0.220. The Balaban J connectivity index is 2.34. The highest BCUT2D eigenvalue weighted by Crippen LogP contribution is 2.39. The van der Waals surface area contributed by atoms with Gasteiger partial charge in [-0.1, -0.05) is 0 Å². The van der Waals surface area contributed by atoms with Crippen molar-refractivity contribution in [3.63, 3.8) is 0 Å². The van der Waals surface area contributed by atoms with Gasteiger partial charge in [0.1, 0.15) is 0 Å². The standard InChI is InChI=1S/C7H14N2OS/c1-7(2)5(4-11-7)9-6(10)3-8/h5H,3-4,8H2,1-2H3,(H,9,10). The van der Waals surface area contributed by atoms with Crippen LogP contribution in [-0.4, -0.2) is 29.0 Å². The van der Waals surface area contributed by atoms with Gasteiger partial charge in [-0.2, -0.15) is 11.8 Å². The van der Waals surface area contributed by atoms with Crippen molar-refractivity contribution < 1.29 is 4.79 Å². The lowest BCUT2D eigenvalue weighted by Crippen LogP contribution is -2.57. The first-order chi connectivity index (χ1) is 5.06. The fourth-order valence-electron chi connectivity index (χ4n) is 0.969. The van der Waals surface area contributed by atoms with Gasteiger partial charge in [-0.25, -0.2) is 0 Å². The van der Waals surface area contributed by atoms with Crippen molar-refractivity contribution in [1.29, 1.82) is 0 Å². The van der Waals surface area contributed by atoms with Crippen molar-refractivity contribution in [2.75, 3.05) is 12.3 Å². The van der Waals surface area contributed by atoms with E-state index in [1.54, 1.807) is 0 Å². The predicted octanol–water partition coefficient (Wildman–Crippen LogP) is -0.0447. The highest BCUT2D eigenvalue weighted by Gasteiger charge is 2.39. The van der Waals surface area contributed by atoms with Gasteiger partial charge in [0.2, 0.25) is 5.91 Å². The van der Waals surface area contributed by atoms with Gasteiger partial charge in [0, 0.05) is 10.5 Å². The van der Waals surface area contributed by atoms with E-state index in [0.29, 0.717) is 6.04 Å². The van der Waals surface area contributed by atoms with Crippen LogP contribution in [0.2, 0.25) is 0 Å². The lowest BCUT2D eigenvalue weighted by atomic mass is 10.0. The summed E-state index contributed by atoms with van der Waals surface area (Å²) in [6, 6.07) is 0.309. The van der Waals surface area contributed by atoms with Crippen LogP contribution in [0.25, 0.3) is 0 Å². The Morgan fingerprint density at radius 1 is 1.82 bits per heavy atom. The molecular weight excluding hydrogens is 160 g/mol. The molecule has 3 N–H and O–H groups in total. The number of nitrogens with one attached hydrogen (secondary N) is 1. The molecule has 0 spiro atoms. The Bertz CT molecular complexity index is 170. The van der Waals surface area contributed by atoms with Crippen LogP contribution < -0.4 is 11.1 Å². The summed E-state index contributed by atoms with van der Waals surface area (Å²) in [5, 5.41) is 2.87. The molecule has 1 aliphatic rings. The zero-order chi connectivity index (χ0) is 8.48. The van der Waals surface area contributed by atoms with Crippen molar-refractivity contribution >= 4 is 17.7 Å². The summed E-state index contributed by atoms with van der Waals surface area (Å²) in [4.78, 5) is 10.9. The van der Waals surface area contributed by atoms with Crippen LogP contribution in [0.1, 0.15) is 13.8 Å². The van der Waals surface area contributed by atoms with E-state index in [9.17, 15) is 4.79 Å². The molecular formula is C7H14N2OS. The summed E-state index contributed by atoms with van der Waals surface area (Å²) in [6.07, 6.45) is 0. The van der Waals surface area contributed by atoms with E-state index >= 15 is 0 Å². The molecule has 1 atom stereocenters. The number of hydrogen-bond acceptors (Lipinski definition) is 3. The summed E-state index contributed by atoms with van der Waals surface area (Å²) in [7, 11) is 0. The number of hydrogen-bond donors (Lipinski definition) is 2. The quantitative estimate of drug-likeness (QED) is 0.617. The van der Waals surface area contributed by atoms with Crippen LogP contribution in [-0.2, 0) is 4.79 Å². The van der Waals surface area contributed by atoms with Gasteiger partial charge < -0.3 is 11.1 Å². The zero-order valence-corrected chi connectivity index (χ0v) is 7.70. The average molecular weight is 174 g/mol. The second-order valence-electron chi connectivity index (χ2n) is 3.24. The van der Waals surface area contributed by atoms with Gasteiger partial charge in [0.15, 0.2) is 0 Å². The van der Waals surface area contributed by atoms with Crippen molar-refractivity contribution in [2.24, 2.45) is 5.73 Å². The van der Waals surface area contributed by atoms with Crippen molar-refractivity contribution in [3.05, 3.63) is 0 Å². The minimum Gasteiger partial charge on any atom is -0.350 e. The first kappa shape index (κ1) is 8.87. The maximum absolute atomic E-state index is 10.9. The summed E-state index contributed by atoms with van der Waals surface area (Å²) < 4.78 is 0.199. The summed E-state index contributed by atoms with van der Waals surface area (Å²) in [5.41, 5.74) is 5.17. The maximum atomic E-state index is 10.9. The van der Waals surface area contributed by atoms with Crippen LogP contribution in [0.3, 0.4) is 0 Å². The summed E-state index contributed by atoms with van der Waals surface area (Å²) in [5.74, 6) is 0.960. The molecule has 1 heterocycles. The van der Waals surface area contributed by atoms with Gasteiger partial charge in [-0.3, -0.25) is 4.79 Å². The number of carbonyl (C=O) groups excluding carboxylic acids is 1. The van der Waals surface area contributed by atoms with Crippen molar-refractivity contribution in [1.82, 2.24) is 5.32 Å². The second kappa shape index (κ2) is 3.03. The number of thioether (sulfide) groups is 1. The van der Waals surface area contributed by atoms with E-state index in [0.717, 1.165) is 5.75 Å². The fraction of sp³-hybridized carbons (Fsp3) is 0.857. The molecule has 0 aliphatic carbocycles. The summed E-state index contributed by atoms with van der Waals surface area (Å²) in [6.45, 7) is 4.35. The van der Waals surface area contributed by atoms with E-state index < -0.39 is 0 Å². The molecule has 1 saturated heterocycles.